The van der Waals surface area contributed by atoms with Crippen LogP contribution in [0.5, 0.6) is 0 Å². The molecule has 1 aliphatic rings. The molecule has 1 fully saturated rings. The summed E-state index contributed by atoms with van der Waals surface area (Å²) in [6.07, 6.45) is 2.34. The monoisotopic (exact) mass is 322 g/mol. The number of aryl methyl sites for hydroxylation is 1. The number of benzene rings is 2. The van der Waals surface area contributed by atoms with Gasteiger partial charge in [0.25, 0.3) is 0 Å². The molecular weight excluding hydrogens is 300 g/mol. The standard InChI is InChI=1S/C20H22N2O2/c23-14-18-17(13-16-9-5-2-6-10-16)21-20(22-18)19(24)12-11-15-7-3-1-4-8-15/h1-10,14,17-18,20-22H,11-13H2/t17-,18?,20?/m0/s1. The Morgan fingerprint density at radius 2 is 1.54 bits per heavy atom. The Morgan fingerprint density at radius 3 is 2.17 bits per heavy atom. The highest BCUT2D eigenvalue weighted by Crippen LogP contribution is 2.13. The minimum atomic E-state index is -0.447. The summed E-state index contributed by atoms with van der Waals surface area (Å²) in [5.74, 6) is 0.0984. The fraction of sp³-hybridized carbons (Fsp3) is 0.300. The van der Waals surface area contributed by atoms with Crippen LogP contribution in [0.25, 0.3) is 0 Å². The maximum Gasteiger partial charge on any atom is 0.164 e. The number of rotatable bonds is 7. The molecule has 0 aliphatic carbocycles. The second-order valence-corrected chi connectivity index (χ2v) is 6.18. The third-order valence-electron chi connectivity index (χ3n) is 4.44. The maximum atomic E-state index is 12.4. The van der Waals surface area contributed by atoms with Gasteiger partial charge >= 0.3 is 0 Å². The second kappa shape index (κ2) is 7.99. The molecule has 1 saturated heterocycles. The summed E-state index contributed by atoms with van der Waals surface area (Å²) >= 11 is 0. The second-order valence-electron chi connectivity index (χ2n) is 6.18. The van der Waals surface area contributed by atoms with Gasteiger partial charge in [0.1, 0.15) is 12.5 Å². The molecule has 2 unspecified atom stereocenters. The van der Waals surface area contributed by atoms with Crippen LogP contribution in [0.2, 0.25) is 0 Å². The van der Waals surface area contributed by atoms with E-state index in [-0.39, 0.29) is 17.9 Å². The lowest BCUT2D eigenvalue weighted by Crippen LogP contribution is -2.41. The van der Waals surface area contributed by atoms with Crippen molar-refractivity contribution < 1.29 is 9.59 Å². The van der Waals surface area contributed by atoms with Gasteiger partial charge in [-0.25, -0.2) is 0 Å². The molecule has 2 aromatic rings. The number of carbonyl (C=O) groups excluding carboxylic acids is 2. The van der Waals surface area contributed by atoms with Crippen LogP contribution in [0.15, 0.2) is 60.7 Å². The summed E-state index contributed by atoms with van der Waals surface area (Å²) in [6, 6.07) is 19.6. The predicted octanol–water partition coefficient (Wildman–Crippen LogP) is 1.89. The van der Waals surface area contributed by atoms with Gasteiger partial charge in [-0.15, -0.1) is 0 Å². The molecule has 1 heterocycles. The average Bonchev–Trinajstić information content (AvgIpc) is 3.04. The first-order chi connectivity index (χ1) is 11.8. The van der Waals surface area contributed by atoms with Crippen molar-refractivity contribution in [1.82, 2.24) is 10.6 Å². The molecule has 3 rings (SSSR count). The van der Waals surface area contributed by atoms with Crippen LogP contribution in [0.3, 0.4) is 0 Å². The molecule has 2 N–H and O–H groups in total. The summed E-state index contributed by atoms with van der Waals surface area (Å²) in [5.41, 5.74) is 2.30. The van der Waals surface area contributed by atoms with Crippen molar-refractivity contribution in [3.8, 4) is 0 Å². The van der Waals surface area contributed by atoms with Gasteiger partial charge in [-0.3, -0.25) is 15.4 Å². The Morgan fingerprint density at radius 1 is 0.917 bits per heavy atom. The summed E-state index contributed by atoms with van der Waals surface area (Å²) in [6.45, 7) is 0. The van der Waals surface area contributed by atoms with Gasteiger partial charge in [-0.05, 0) is 24.0 Å². The van der Waals surface area contributed by atoms with Crippen LogP contribution in [-0.2, 0) is 22.4 Å². The highest BCUT2D eigenvalue weighted by Gasteiger charge is 2.35. The van der Waals surface area contributed by atoms with Crippen LogP contribution in [0, 0.1) is 0 Å². The van der Waals surface area contributed by atoms with Crippen molar-refractivity contribution >= 4 is 12.1 Å². The molecule has 3 atom stereocenters. The zero-order valence-electron chi connectivity index (χ0n) is 13.5. The van der Waals surface area contributed by atoms with Crippen molar-refractivity contribution in [1.29, 1.82) is 0 Å². The Hall–Kier alpha value is -2.30. The van der Waals surface area contributed by atoms with Crippen LogP contribution >= 0.6 is 0 Å². The topological polar surface area (TPSA) is 58.2 Å². The van der Waals surface area contributed by atoms with Crippen LogP contribution in [-0.4, -0.2) is 30.3 Å². The largest absolute Gasteiger partial charge is 0.302 e. The van der Waals surface area contributed by atoms with E-state index in [0.29, 0.717) is 12.8 Å². The van der Waals surface area contributed by atoms with E-state index in [1.54, 1.807) is 0 Å². The molecule has 4 nitrogen and oxygen atoms in total. The summed E-state index contributed by atoms with van der Waals surface area (Å²) < 4.78 is 0. The van der Waals surface area contributed by atoms with E-state index in [2.05, 4.69) is 10.6 Å². The van der Waals surface area contributed by atoms with E-state index in [4.69, 9.17) is 0 Å². The number of Topliss-reactive ketones (excluding diaryl/α,β-unsaturated/α-hetero) is 1. The Bertz CT molecular complexity index is 673. The van der Waals surface area contributed by atoms with Crippen molar-refractivity contribution in [2.75, 3.05) is 0 Å². The molecule has 124 valence electrons. The zero-order chi connectivity index (χ0) is 16.8. The molecule has 0 radical (unpaired) electrons. The SMILES string of the molecule is O=CC1NC(C(=O)CCc2ccccc2)N[C@H]1Cc1ccccc1. The molecule has 4 heteroatoms. The first-order valence-corrected chi connectivity index (χ1v) is 8.34. The highest BCUT2D eigenvalue weighted by molar-refractivity contribution is 5.85. The number of aldehydes is 1. The Labute approximate surface area is 142 Å². The first kappa shape index (κ1) is 16.6. The van der Waals surface area contributed by atoms with E-state index in [9.17, 15) is 9.59 Å². The molecule has 0 saturated carbocycles. The van der Waals surface area contributed by atoms with Crippen molar-refractivity contribution in [2.24, 2.45) is 0 Å². The molecule has 1 aliphatic heterocycles. The molecule has 0 spiro atoms. The van der Waals surface area contributed by atoms with E-state index in [1.807, 2.05) is 60.7 Å². The van der Waals surface area contributed by atoms with Gasteiger partial charge in [0.05, 0.1) is 6.04 Å². The molecule has 0 amide bonds. The molecule has 2 aromatic carbocycles. The number of hydrogen-bond donors (Lipinski definition) is 2. The van der Waals surface area contributed by atoms with E-state index >= 15 is 0 Å². The third-order valence-corrected chi connectivity index (χ3v) is 4.44. The maximum absolute atomic E-state index is 12.4. The van der Waals surface area contributed by atoms with Crippen LogP contribution in [0.4, 0.5) is 0 Å². The minimum Gasteiger partial charge on any atom is -0.302 e. The average molecular weight is 322 g/mol. The zero-order valence-corrected chi connectivity index (χ0v) is 13.5. The van der Waals surface area contributed by atoms with Crippen LogP contribution < -0.4 is 10.6 Å². The summed E-state index contributed by atoms with van der Waals surface area (Å²) in [4.78, 5) is 23.8. The van der Waals surface area contributed by atoms with Gasteiger partial charge < -0.3 is 4.79 Å². The van der Waals surface area contributed by atoms with E-state index in [0.717, 1.165) is 23.8 Å². The van der Waals surface area contributed by atoms with Gasteiger partial charge in [0.15, 0.2) is 5.78 Å². The lowest BCUT2D eigenvalue weighted by molar-refractivity contribution is -0.121. The lowest BCUT2D eigenvalue weighted by Gasteiger charge is -2.14. The van der Waals surface area contributed by atoms with Crippen molar-refractivity contribution in [2.45, 2.75) is 37.5 Å². The van der Waals surface area contributed by atoms with Gasteiger partial charge in [0, 0.05) is 12.5 Å². The van der Waals surface area contributed by atoms with Gasteiger partial charge in [-0.2, -0.15) is 0 Å². The first-order valence-electron chi connectivity index (χ1n) is 8.34. The normalized spacial score (nSPS) is 23.1. The van der Waals surface area contributed by atoms with Crippen molar-refractivity contribution in [3.63, 3.8) is 0 Å². The van der Waals surface area contributed by atoms with E-state index in [1.165, 1.54) is 0 Å². The number of ketones is 1. The number of carbonyl (C=O) groups is 2. The van der Waals surface area contributed by atoms with Gasteiger partial charge in [-0.1, -0.05) is 60.7 Å². The number of hydrogen-bond acceptors (Lipinski definition) is 4. The molecule has 0 bridgehead atoms. The van der Waals surface area contributed by atoms with E-state index < -0.39 is 6.17 Å². The molecule has 24 heavy (non-hydrogen) atoms. The van der Waals surface area contributed by atoms with Crippen LogP contribution in [0.1, 0.15) is 17.5 Å². The summed E-state index contributed by atoms with van der Waals surface area (Å²) in [7, 11) is 0. The fourth-order valence-corrected chi connectivity index (χ4v) is 3.10. The summed E-state index contributed by atoms with van der Waals surface area (Å²) in [5, 5.41) is 6.40. The predicted molar refractivity (Wildman–Crippen MR) is 93.6 cm³/mol. The highest BCUT2D eigenvalue weighted by atomic mass is 16.1. The Balaban J connectivity index is 1.57. The molecular formula is C20H22N2O2. The quantitative estimate of drug-likeness (QED) is 0.764. The minimum absolute atomic E-state index is 0.0597. The number of nitrogens with one attached hydrogen (secondary N) is 2. The lowest BCUT2D eigenvalue weighted by atomic mass is 10.0. The molecule has 0 aromatic heterocycles. The third kappa shape index (κ3) is 4.16. The van der Waals surface area contributed by atoms with Crippen molar-refractivity contribution in [3.05, 3.63) is 71.8 Å². The smallest absolute Gasteiger partial charge is 0.164 e. The van der Waals surface area contributed by atoms with Gasteiger partial charge in [0.2, 0.25) is 0 Å². The Kier molecular flexibility index (Phi) is 5.51. The fourth-order valence-electron chi connectivity index (χ4n) is 3.10.